The molecule has 0 fully saturated rings. The Balaban J connectivity index is 3.21. The van der Waals surface area contributed by atoms with Crippen molar-refractivity contribution in [3.63, 3.8) is 0 Å². The Morgan fingerprint density at radius 3 is 2.57 bits per heavy atom. The van der Waals surface area contributed by atoms with E-state index in [1.54, 1.807) is 0 Å². The first kappa shape index (κ1) is 13.1. The summed E-state index contributed by atoms with van der Waals surface area (Å²) in [6, 6.07) is -0.761. The molecule has 0 aliphatic carbocycles. The number of carbonyl (C=O) groups excluding carboxylic acids is 1. The first-order chi connectivity index (χ1) is 6.54. The Kier molecular flexibility index (Phi) is 6.96. The van der Waals surface area contributed by atoms with Gasteiger partial charge in [0.1, 0.15) is 11.8 Å². The van der Waals surface area contributed by atoms with Crippen LogP contribution in [0, 0.1) is 0 Å². The van der Waals surface area contributed by atoms with E-state index in [0.29, 0.717) is 13.0 Å². The van der Waals surface area contributed by atoms with Crippen molar-refractivity contribution in [1.29, 1.82) is 0 Å². The summed E-state index contributed by atoms with van der Waals surface area (Å²) in [5.41, 5.74) is 5.31. The first-order valence-corrected chi connectivity index (χ1v) is 4.72. The van der Waals surface area contributed by atoms with Gasteiger partial charge in [0.2, 0.25) is 0 Å². The summed E-state index contributed by atoms with van der Waals surface area (Å²) in [6.45, 7) is 2.63. The number of nitrogens with two attached hydrogens (primary N) is 1. The highest BCUT2D eigenvalue weighted by Crippen LogP contribution is 1.97. The molecule has 1 unspecified atom stereocenters. The molecule has 4 N–H and O–H groups in total. The summed E-state index contributed by atoms with van der Waals surface area (Å²) in [5.74, 6) is -0.853. The number of carboxylic acid groups (broad SMARTS) is 1. The van der Waals surface area contributed by atoms with Gasteiger partial charge in [0.15, 0.2) is 0 Å². The van der Waals surface area contributed by atoms with Gasteiger partial charge in [-0.25, -0.2) is 0 Å². The number of aliphatic carboxylic acids is 1. The largest absolute Gasteiger partial charge is 0.480 e. The standard InChI is InChI=1S/C9H18N2O3/c1-7(12)6-11-5-3-2-4-8(10)9(13)14/h8,11H,2-6,10H2,1H3,(H,13,14). The second-order valence-electron chi connectivity index (χ2n) is 3.32. The summed E-state index contributed by atoms with van der Waals surface area (Å²) in [4.78, 5) is 20.8. The number of hydrogen-bond donors (Lipinski definition) is 3. The molecule has 14 heavy (non-hydrogen) atoms. The van der Waals surface area contributed by atoms with E-state index in [0.717, 1.165) is 19.4 Å². The third-order valence-electron chi connectivity index (χ3n) is 1.81. The fourth-order valence-electron chi connectivity index (χ4n) is 1.00. The molecular weight excluding hydrogens is 184 g/mol. The fourth-order valence-corrected chi connectivity index (χ4v) is 1.00. The van der Waals surface area contributed by atoms with Gasteiger partial charge in [-0.2, -0.15) is 0 Å². The second-order valence-corrected chi connectivity index (χ2v) is 3.32. The van der Waals surface area contributed by atoms with E-state index in [2.05, 4.69) is 5.32 Å². The molecule has 0 radical (unpaired) electrons. The number of nitrogens with one attached hydrogen (secondary N) is 1. The Labute approximate surface area is 83.7 Å². The minimum Gasteiger partial charge on any atom is -0.480 e. The van der Waals surface area contributed by atoms with Crippen LogP contribution in [0.4, 0.5) is 0 Å². The van der Waals surface area contributed by atoms with Gasteiger partial charge in [-0.1, -0.05) is 6.42 Å². The van der Waals surface area contributed by atoms with E-state index in [1.165, 1.54) is 6.92 Å². The molecule has 0 aliphatic rings. The summed E-state index contributed by atoms with van der Waals surface area (Å²) in [7, 11) is 0. The maximum atomic E-state index is 10.5. The van der Waals surface area contributed by atoms with Gasteiger partial charge in [0.05, 0.1) is 6.54 Å². The lowest BCUT2D eigenvalue weighted by Gasteiger charge is -2.05. The lowest BCUT2D eigenvalue weighted by atomic mass is 10.1. The van der Waals surface area contributed by atoms with Gasteiger partial charge in [-0.3, -0.25) is 9.59 Å². The van der Waals surface area contributed by atoms with Crippen molar-refractivity contribution in [1.82, 2.24) is 5.32 Å². The molecule has 0 heterocycles. The second kappa shape index (κ2) is 7.46. The molecule has 0 aromatic heterocycles. The Morgan fingerprint density at radius 2 is 2.07 bits per heavy atom. The maximum Gasteiger partial charge on any atom is 0.320 e. The molecule has 0 aliphatic heterocycles. The van der Waals surface area contributed by atoms with E-state index in [9.17, 15) is 9.59 Å². The predicted molar refractivity (Wildman–Crippen MR) is 53.0 cm³/mol. The van der Waals surface area contributed by atoms with Gasteiger partial charge in [-0.05, 0) is 26.3 Å². The van der Waals surface area contributed by atoms with E-state index < -0.39 is 12.0 Å². The van der Waals surface area contributed by atoms with Crippen LogP contribution in [0.1, 0.15) is 26.2 Å². The highest BCUT2D eigenvalue weighted by molar-refractivity contribution is 5.77. The molecule has 1 atom stereocenters. The van der Waals surface area contributed by atoms with Crippen LogP contribution in [0.25, 0.3) is 0 Å². The van der Waals surface area contributed by atoms with Crippen molar-refractivity contribution in [2.45, 2.75) is 32.2 Å². The molecule has 5 heteroatoms. The van der Waals surface area contributed by atoms with Gasteiger partial charge in [0, 0.05) is 0 Å². The summed E-state index contributed by atoms with van der Waals surface area (Å²) >= 11 is 0. The van der Waals surface area contributed by atoms with Crippen LogP contribution in [-0.4, -0.2) is 36.0 Å². The van der Waals surface area contributed by atoms with Gasteiger partial charge >= 0.3 is 5.97 Å². The van der Waals surface area contributed by atoms with Crippen LogP contribution in [0.15, 0.2) is 0 Å². The zero-order chi connectivity index (χ0) is 11.0. The summed E-state index contributed by atoms with van der Waals surface area (Å²) in [5, 5.41) is 11.4. The van der Waals surface area contributed by atoms with Crippen molar-refractivity contribution in [2.75, 3.05) is 13.1 Å². The van der Waals surface area contributed by atoms with Crippen LogP contribution in [0.2, 0.25) is 0 Å². The number of unbranched alkanes of at least 4 members (excludes halogenated alkanes) is 1. The quantitative estimate of drug-likeness (QED) is 0.472. The molecule has 0 aromatic carbocycles. The van der Waals surface area contributed by atoms with Crippen molar-refractivity contribution in [3.05, 3.63) is 0 Å². The predicted octanol–water partition coefficient (Wildman–Crippen LogP) is -0.253. The number of hydrogen-bond acceptors (Lipinski definition) is 4. The van der Waals surface area contributed by atoms with Gasteiger partial charge in [-0.15, -0.1) is 0 Å². The van der Waals surface area contributed by atoms with Gasteiger partial charge in [0.25, 0.3) is 0 Å². The molecular formula is C9H18N2O3. The molecule has 0 saturated heterocycles. The van der Waals surface area contributed by atoms with Crippen LogP contribution in [0.3, 0.4) is 0 Å². The third-order valence-corrected chi connectivity index (χ3v) is 1.81. The fraction of sp³-hybridized carbons (Fsp3) is 0.778. The lowest BCUT2D eigenvalue weighted by Crippen LogP contribution is -2.30. The van der Waals surface area contributed by atoms with E-state index in [4.69, 9.17) is 10.8 Å². The monoisotopic (exact) mass is 202 g/mol. The number of carboxylic acids is 1. The summed E-state index contributed by atoms with van der Waals surface area (Å²) in [6.07, 6.45) is 2.09. The van der Waals surface area contributed by atoms with Crippen LogP contribution < -0.4 is 11.1 Å². The molecule has 0 amide bonds. The van der Waals surface area contributed by atoms with Crippen LogP contribution in [-0.2, 0) is 9.59 Å². The minimum absolute atomic E-state index is 0.104. The minimum atomic E-state index is -0.957. The van der Waals surface area contributed by atoms with E-state index in [1.807, 2.05) is 0 Å². The highest BCUT2D eigenvalue weighted by atomic mass is 16.4. The third kappa shape index (κ3) is 7.70. The van der Waals surface area contributed by atoms with Gasteiger partial charge < -0.3 is 16.2 Å². The number of Topliss-reactive ketones (excluding diaryl/α,β-unsaturated/α-hetero) is 1. The lowest BCUT2D eigenvalue weighted by molar-refractivity contribution is -0.138. The van der Waals surface area contributed by atoms with Crippen LogP contribution in [0.5, 0.6) is 0 Å². The summed E-state index contributed by atoms with van der Waals surface area (Å²) < 4.78 is 0. The SMILES string of the molecule is CC(=O)CNCCCCC(N)C(=O)O. The topological polar surface area (TPSA) is 92.4 Å². The van der Waals surface area contributed by atoms with E-state index in [-0.39, 0.29) is 5.78 Å². The molecule has 0 bridgehead atoms. The maximum absolute atomic E-state index is 10.5. The average Bonchev–Trinajstić information content (AvgIpc) is 2.09. The van der Waals surface area contributed by atoms with Crippen molar-refractivity contribution < 1.29 is 14.7 Å². The molecule has 0 saturated carbocycles. The number of carbonyl (C=O) groups is 2. The highest BCUT2D eigenvalue weighted by Gasteiger charge is 2.09. The molecule has 0 rings (SSSR count). The van der Waals surface area contributed by atoms with Crippen LogP contribution >= 0.6 is 0 Å². The number of ketones is 1. The Hall–Kier alpha value is -0.940. The average molecular weight is 202 g/mol. The van der Waals surface area contributed by atoms with Crippen molar-refractivity contribution >= 4 is 11.8 Å². The van der Waals surface area contributed by atoms with Crippen molar-refractivity contribution in [3.8, 4) is 0 Å². The number of rotatable bonds is 8. The Morgan fingerprint density at radius 1 is 1.43 bits per heavy atom. The first-order valence-electron chi connectivity index (χ1n) is 4.72. The molecule has 82 valence electrons. The zero-order valence-electron chi connectivity index (χ0n) is 8.45. The Bertz CT molecular complexity index is 194. The normalized spacial score (nSPS) is 12.4. The van der Waals surface area contributed by atoms with Crippen molar-refractivity contribution in [2.24, 2.45) is 5.73 Å². The molecule has 0 aromatic rings. The zero-order valence-corrected chi connectivity index (χ0v) is 8.45. The molecule has 5 nitrogen and oxygen atoms in total. The molecule has 0 spiro atoms. The smallest absolute Gasteiger partial charge is 0.320 e. The van der Waals surface area contributed by atoms with E-state index >= 15 is 0 Å².